The number of benzene rings is 1. The highest BCUT2D eigenvalue weighted by Crippen LogP contribution is 2.44. The molecule has 1 aromatic rings. The number of anilines is 1. The van der Waals surface area contributed by atoms with Gasteiger partial charge < -0.3 is 5.32 Å². The normalized spacial score (nSPS) is 26.4. The summed E-state index contributed by atoms with van der Waals surface area (Å²) < 4.78 is 28.2. The molecule has 2 N–H and O–H groups in total. The molecule has 2 saturated carbocycles. The second kappa shape index (κ2) is 6.45. The lowest BCUT2D eigenvalue weighted by Gasteiger charge is -2.23. The van der Waals surface area contributed by atoms with Gasteiger partial charge in [0.25, 0.3) is 0 Å². The minimum Gasteiger partial charge on any atom is -0.325 e. The van der Waals surface area contributed by atoms with E-state index in [4.69, 9.17) is 0 Å². The third-order valence-corrected chi connectivity index (χ3v) is 7.12. The van der Waals surface area contributed by atoms with Gasteiger partial charge in [0.2, 0.25) is 15.9 Å². The number of sulfonamides is 1. The molecule has 3 rings (SSSR count). The number of thioether (sulfide) groups is 1. The van der Waals surface area contributed by atoms with Gasteiger partial charge in [-0.1, -0.05) is 6.42 Å². The number of amides is 1. The van der Waals surface area contributed by atoms with Crippen molar-refractivity contribution in [3.05, 3.63) is 18.2 Å². The minimum atomic E-state index is -3.56. The van der Waals surface area contributed by atoms with E-state index in [1.165, 1.54) is 25.1 Å². The highest BCUT2D eigenvalue weighted by atomic mass is 32.2. The molecule has 2 bridgehead atoms. The van der Waals surface area contributed by atoms with Gasteiger partial charge in [-0.05, 0) is 55.6 Å². The smallest absolute Gasteiger partial charge is 0.240 e. The Hall–Kier alpha value is -1.05. The Morgan fingerprint density at radius 1 is 1.26 bits per heavy atom. The maximum absolute atomic E-state index is 12.7. The van der Waals surface area contributed by atoms with E-state index < -0.39 is 10.0 Å². The summed E-state index contributed by atoms with van der Waals surface area (Å²) in [6, 6.07) is 4.95. The van der Waals surface area contributed by atoms with Gasteiger partial charge in [0, 0.05) is 17.9 Å². The lowest BCUT2D eigenvalue weighted by Crippen LogP contribution is -2.38. The fraction of sp³-hybridized carbons (Fsp3) is 0.562. The van der Waals surface area contributed by atoms with Crippen molar-refractivity contribution in [3.8, 4) is 0 Å². The second-order valence-corrected chi connectivity index (χ2v) is 9.01. The zero-order chi connectivity index (χ0) is 16.6. The Kier molecular flexibility index (Phi) is 4.71. The van der Waals surface area contributed by atoms with E-state index in [2.05, 4.69) is 10.0 Å². The molecule has 1 amide bonds. The minimum absolute atomic E-state index is 0.0585. The molecule has 0 aliphatic heterocycles. The molecule has 23 heavy (non-hydrogen) atoms. The van der Waals surface area contributed by atoms with Crippen LogP contribution in [-0.2, 0) is 14.8 Å². The van der Waals surface area contributed by atoms with Gasteiger partial charge in [-0.3, -0.25) is 4.79 Å². The van der Waals surface area contributed by atoms with E-state index in [0.29, 0.717) is 17.5 Å². The number of carbonyl (C=O) groups is 1. The average Bonchev–Trinajstić information content (AvgIpc) is 3.08. The standard InChI is InChI=1S/C16H22N2O3S2/c1-10(19)17-15-9-13(5-6-16(15)22-2)23(20,21)18-14-8-11-3-4-12(14)7-11/h5-6,9,11-12,14,18H,3-4,7-8H2,1-2H3,(H,17,19)/t11-,12-,14+/m1/s1. The summed E-state index contributed by atoms with van der Waals surface area (Å²) in [6.07, 6.45) is 6.35. The molecule has 0 spiro atoms. The molecule has 1 aromatic carbocycles. The van der Waals surface area contributed by atoms with Crippen molar-refractivity contribution in [2.24, 2.45) is 11.8 Å². The second-order valence-electron chi connectivity index (χ2n) is 6.45. The fourth-order valence-corrected chi connectivity index (χ4v) is 5.68. The van der Waals surface area contributed by atoms with Crippen LogP contribution in [0.1, 0.15) is 32.6 Å². The molecule has 0 aromatic heterocycles. The van der Waals surface area contributed by atoms with Crippen molar-refractivity contribution in [2.75, 3.05) is 11.6 Å². The summed E-state index contributed by atoms with van der Waals surface area (Å²) in [6.45, 7) is 1.42. The van der Waals surface area contributed by atoms with Crippen molar-refractivity contribution in [1.82, 2.24) is 4.72 Å². The molecule has 2 aliphatic carbocycles. The largest absolute Gasteiger partial charge is 0.325 e. The fourth-order valence-electron chi connectivity index (χ4n) is 3.80. The molecule has 5 nitrogen and oxygen atoms in total. The van der Waals surface area contributed by atoms with Gasteiger partial charge in [-0.25, -0.2) is 13.1 Å². The van der Waals surface area contributed by atoms with Crippen LogP contribution >= 0.6 is 11.8 Å². The van der Waals surface area contributed by atoms with E-state index >= 15 is 0 Å². The van der Waals surface area contributed by atoms with Gasteiger partial charge in [0.05, 0.1) is 10.6 Å². The molecule has 0 heterocycles. The zero-order valence-electron chi connectivity index (χ0n) is 13.3. The first-order chi connectivity index (χ1) is 10.9. The first-order valence-corrected chi connectivity index (χ1v) is 10.6. The molecule has 0 radical (unpaired) electrons. The van der Waals surface area contributed by atoms with Crippen LogP contribution in [0.5, 0.6) is 0 Å². The van der Waals surface area contributed by atoms with Crippen molar-refractivity contribution in [1.29, 1.82) is 0 Å². The highest BCUT2D eigenvalue weighted by molar-refractivity contribution is 7.98. The first-order valence-electron chi connectivity index (χ1n) is 7.87. The number of hydrogen-bond donors (Lipinski definition) is 2. The van der Waals surface area contributed by atoms with Gasteiger partial charge in [-0.15, -0.1) is 11.8 Å². The first kappa shape index (κ1) is 16.8. The van der Waals surface area contributed by atoms with Gasteiger partial charge in [-0.2, -0.15) is 0 Å². The van der Waals surface area contributed by atoms with E-state index in [0.717, 1.165) is 24.2 Å². The Labute approximate surface area is 141 Å². The maximum atomic E-state index is 12.7. The van der Waals surface area contributed by atoms with Crippen LogP contribution in [0.25, 0.3) is 0 Å². The molecule has 3 atom stereocenters. The molecule has 7 heteroatoms. The maximum Gasteiger partial charge on any atom is 0.240 e. The van der Waals surface area contributed by atoms with E-state index in [1.807, 2.05) is 6.26 Å². The van der Waals surface area contributed by atoms with Crippen LogP contribution in [0.2, 0.25) is 0 Å². The van der Waals surface area contributed by atoms with Crippen LogP contribution in [0, 0.1) is 11.8 Å². The molecule has 2 fully saturated rings. The van der Waals surface area contributed by atoms with Crippen molar-refractivity contribution < 1.29 is 13.2 Å². The number of carbonyl (C=O) groups excluding carboxylic acids is 1. The summed E-state index contributed by atoms with van der Waals surface area (Å²) in [7, 11) is -3.56. The van der Waals surface area contributed by atoms with E-state index in [9.17, 15) is 13.2 Å². The summed E-state index contributed by atoms with van der Waals surface area (Å²) in [4.78, 5) is 12.4. The predicted molar refractivity (Wildman–Crippen MR) is 92.1 cm³/mol. The van der Waals surface area contributed by atoms with Crippen molar-refractivity contribution in [3.63, 3.8) is 0 Å². The summed E-state index contributed by atoms with van der Waals surface area (Å²) in [5.41, 5.74) is 0.542. The molecule has 0 saturated heterocycles. The molecular formula is C16H22N2O3S2. The van der Waals surface area contributed by atoms with E-state index in [1.54, 1.807) is 18.2 Å². The summed E-state index contributed by atoms with van der Waals surface area (Å²) in [5, 5.41) is 2.71. The Morgan fingerprint density at radius 3 is 2.61 bits per heavy atom. The number of hydrogen-bond acceptors (Lipinski definition) is 4. The van der Waals surface area contributed by atoms with Crippen molar-refractivity contribution in [2.45, 2.75) is 48.4 Å². The molecular weight excluding hydrogens is 332 g/mol. The topological polar surface area (TPSA) is 75.3 Å². The average molecular weight is 354 g/mol. The quantitative estimate of drug-likeness (QED) is 0.797. The number of fused-ring (bicyclic) bond motifs is 2. The Bertz CT molecular complexity index is 718. The van der Waals surface area contributed by atoms with Crippen LogP contribution in [0.3, 0.4) is 0 Å². The Balaban J connectivity index is 1.83. The zero-order valence-corrected chi connectivity index (χ0v) is 15.0. The van der Waals surface area contributed by atoms with Crippen molar-refractivity contribution >= 4 is 33.4 Å². The van der Waals surface area contributed by atoms with Crippen LogP contribution in [0.4, 0.5) is 5.69 Å². The van der Waals surface area contributed by atoms with Crippen LogP contribution in [-0.4, -0.2) is 26.6 Å². The highest BCUT2D eigenvalue weighted by Gasteiger charge is 2.41. The lowest BCUT2D eigenvalue weighted by molar-refractivity contribution is -0.114. The number of rotatable bonds is 5. The molecule has 0 unspecified atom stereocenters. The number of nitrogens with one attached hydrogen (secondary N) is 2. The van der Waals surface area contributed by atoms with Crippen LogP contribution < -0.4 is 10.0 Å². The molecule has 2 aliphatic rings. The summed E-state index contributed by atoms with van der Waals surface area (Å²) >= 11 is 1.47. The van der Waals surface area contributed by atoms with E-state index in [-0.39, 0.29) is 16.8 Å². The molecule has 126 valence electrons. The monoisotopic (exact) mass is 354 g/mol. The SMILES string of the molecule is CSc1ccc(S(=O)(=O)N[C@H]2C[C@@H]3CC[C@@H]2C3)cc1NC(C)=O. The summed E-state index contributed by atoms with van der Waals surface area (Å²) in [5.74, 6) is 0.951. The van der Waals surface area contributed by atoms with Gasteiger partial charge in [0.1, 0.15) is 0 Å². The Morgan fingerprint density at radius 2 is 2.04 bits per heavy atom. The predicted octanol–water partition coefficient (Wildman–Crippen LogP) is 2.83. The third kappa shape index (κ3) is 3.56. The van der Waals surface area contributed by atoms with Crippen LogP contribution in [0.15, 0.2) is 28.0 Å². The lowest BCUT2D eigenvalue weighted by atomic mass is 9.96. The van der Waals surface area contributed by atoms with Gasteiger partial charge in [0.15, 0.2) is 0 Å². The third-order valence-electron chi connectivity index (χ3n) is 4.84. The van der Waals surface area contributed by atoms with Gasteiger partial charge >= 0.3 is 0 Å².